The summed E-state index contributed by atoms with van der Waals surface area (Å²) in [6.07, 6.45) is 4.96. The fraction of sp³-hybridized carbons (Fsp3) is 0.125. The van der Waals surface area contributed by atoms with Crippen molar-refractivity contribution in [3.8, 4) is 0 Å². The molecule has 0 radical (unpaired) electrons. The maximum atomic E-state index is 5.84. The van der Waals surface area contributed by atoms with Gasteiger partial charge in [-0.15, -0.1) is 6.58 Å². The predicted octanol–water partition coefficient (Wildman–Crippen LogP) is 1.67. The van der Waals surface area contributed by atoms with E-state index in [1.807, 2.05) is 0 Å². The number of fused-ring (bicyclic) bond motifs is 1. The molecule has 2 aromatic heterocycles. The summed E-state index contributed by atoms with van der Waals surface area (Å²) in [5.41, 5.74) is 0.613. The van der Waals surface area contributed by atoms with Gasteiger partial charge in [-0.2, -0.15) is 5.10 Å². The summed E-state index contributed by atoms with van der Waals surface area (Å²) in [6.45, 7) is 4.26. The van der Waals surface area contributed by atoms with E-state index >= 15 is 0 Å². The number of halogens is 1. The summed E-state index contributed by atoms with van der Waals surface area (Å²) in [4.78, 5) is 7.84. The maximum Gasteiger partial charge on any atom is 0.185 e. The van der Waals surface area contributed by atoms with Crippen molar-refractivity contribution in [3.63, 3.8) is 0 Å². The first kappa shape index (κ1) is 8.19. The largest absolute Gasteiger partial charge is 0.266 e. The van der Waals surface area contributed by atoms with Crippen molar-refractivity contribution in [1.82, 2.24) is 19.7 Å². The van der Waals surface area contributed by atoms with Gasteiger partial charge in [-0.3, -0.25) is 4.68 Å². The smallest absolute Gasteiger partial charge is 0.185 e. The molecule has 0 N–H and O–H groups in total. The van der Waals surface area contributed by atoms with Gasteiger partial charge in [0.05, 0.1) is 11.9 Å². The Labute approximate surface area is 79.9 Å². The Morgan fingerprint density at radius 3 is 3.08 bits per heavy atom. The van der Waals surface area contributed by atoms with Crippen molar-refractivity contribution >= 4 is 22.6 Å². The molecular weight excluding hydrogens is 188 g/mol. The fourth-order valence-electron chi connectivity index (χ4n) is 1.08. The molecule has 0 amide bonds. The van der Waals surface area contributed by atoms with E-state index in [0.717, 1.165) is 5.39 Å². The van der Waals surface area contributed by atoms with Crippen LogP contribution in [0.3, 0.4) is 0 Å². The monoisotopic (exact) mass is 194 g/mol. The Bertz CT molecular complexity index is 448. The molecule has 0 saturated carbocycles. The molecule has 0 saturated heterocycles. The van der Waals surface area contributed by atoms with Gasteiger partial charge >= 0.3 is 0 Å². The maximum absolute atomic E-state index is 5.84. The Morgan fingerprint density at radius 2 is 2.38 bits per heavy atom. The van der Waals surface area contributed by atoms with Crippen LogP contribution in [0.1, 0.15) is 0 Å². The third kappa shape index (κ3) is 1.40. The average molecular weight is 195 g/mol. The molecular formula is C8H7ClN4. The predicted molar refractivity (Wildman–Crippen MR) is 50.5 cm³/mol. The van der Waals surface area contributed by atoms with Crippen LogP contribution >= 0.6 is 11.6 Å². The highest BCUT2D eigenvalue weighted by atomic mass is 35.5. The van der Waals surface area contributed by atoms with Gasteiger partial charge in [0.15, 0.2) is 5.65 Å². The highest BCUT2D eigenvalue weighted by Crippen LogP contribution is 2.16. The number of aromatic nitrogens is 4. The van der Waals surface area contributed by atoms with Crippen LogP contribution in [0.4, 0.5) is 0 Å². The van der Waals surface area contributed by atoms with E-state index in [4.69, 9.17) is 11.6 Å². The van der Waals surface area contributed by atoms with Gasteiger partial charge in [-0.05, 0) is 0 Å². The first-order chi connectivity index (χ1) is 6.31. The number of rotatable bonds is 2. The lowest BCUT2D eigenvalue weighted by Crippen LogP contribution is -1.94. The van der Waals surface area contributed by atoms with E-state index in [0.29, 0.717) is 17.3 Å². The van der Waals surface area contributed by atoms with Crippen molar-refractivity contribution < 1.29 is 0 Å². The van der Waals surface area contributed by atoms with Gasteiger partial charge in [0, 0.05) is 6.20 Å². The highest BCUT2D eigenvalue weighted by molar-refractivity contribution is 6.33. The average Bonchev–Trinajstić information content (AvgIpc) is 2.49. The van der Waals surface area contributed by atoms with Gasteiger partial charge < -0.3 is 0 Å². The summed E-state index contributed by atoms with van der Waals surface area (Å²) in [5.74, 6) is 0. The molecule has 2 rings (SSSR count). The Balaban J connectivity index is 2.61. The van der Waals surface area contributed by atoms with Crippen molar-refractivity contribution in [1.29, 1.82) is 0 Å². The minimum Gasteiger partial charge on any atom is -0.266 e. The second-order valence-corrected chi connectivity index (χ2v) is 2.90. The van der Waals surface area contributed by atoms with E-state index < -0.39 is 0 Å². The lowest BCUT2D eigenvalue weighted by molar-refractivity contribution is 0.709. The van der Waals surface area contributed by atoms with E-state index in [1.165, 1.54) is 6.33 Å². The standard InChI is InChI=1S/C8H7ClN4/c1-2-3-13-4-6-7(9)10-5-11-8(6)12-13/h2,4-5H,1,3H2. The lowest BCUT2D eigenvalue weighted by Gasteiger charge is -1.89. The second kappa shape index (κ2) is 3.14. The topological polar surface area (TPSA) is 43.6 Å². The van der Waals surface area contributed by atoms with Gasteiger partial charge in [0.2, 0.25) is 0 Å². The third-order valence-electron chi connectivity index (χ3n) is 1.63. The molecule has 0 aliphatic carbocycles. The second-order valence-electron chi connectivity index (χ2n) is 2.54. The summed E-state index contributed by atoms with van der Waals surface area (Å²) in [5, 5.41) is 5.37. The van der Waals surface area contributed by atoms with Gasteiger partial charge in [0.25, 0.3) is 0 Å². The fourth-order valence-corrected chi connectivity index (χ4v) is 1.26. The first-order valence-corrected chi connectivity index (χ1v) is 4.13. The van der Waals surface area contributed by atoms with Crippen LogP contribution in [0.25, 0.3) is 11.0 Å². The number of nitrogens with zero attached hydrogens (tertiary/aromatic N) is 4. The molecule has 66 valence electrons. The van der Waals surface area contributed by atoms with Crippen molar-refractivity contribution in [3.05, 3.63) is 30.3 Å². The quantitative estimate of drug-likeness (QED) is 0.540. The van der Waals surface area contributed by atoms with Gasteiger partial charge in [-0.25, -0.2) is 9.97 Å². The molecule has 0 aliphatic heterocycles. The molecule has 0 spiro atoms. The van der Waals surface area contributed by atoms with Gasteiger partial charge in [-0.1, -0.05) is 17.7 Å². The van der Waals surface area contributed by atoms with E-state index in [9.17, 15) is 0 Å². The van der Waals surface area contributed by atoms with E-state index in [-0.39, 0.29) is 0 Å². The molecule has 4 nitrogen and oxygen atoms in total. The molecule has 2 heterocycles. The Morgan fingerprint density at radius 1 is 1.54 bits per heavy atom. The molecule has 2 aromatic rings. The number of allylic oxidation sites excluding steroid dienone is 1. The third-order valence-corrected chi connectivity index (χ3v) is 1.93. The van der Waals surface area contributed by atoms with Crippen molar-refractivity contribution in [2.24, 2.45) is 0 Å². The zero-order valence-electron chi connectivity index (χ0n) is 6.81. The lowest BCUT2D eigenvalue weighted by atomic mass is 10.4. The minimum atomic E-state index is 0.431. The summed E-state index contributed by atoms with van der Waals surface area (Å²) < 4.78 is 1.72. The minimum absolute atomic E-state index is 0.431. The summed E-state index contributed by atoms with van der Waals surface area (Å²) >= 11 is 5.84. The van der Waals surface area contributed by atoms with Crippen LogP contribution < -0.4 is 0 Å². The van der Waals surface area contributed by atoms with Crippen LogP contribution in [0.15, 0.2) is 25.2 Å². The number of hydrogen-bond donors (Lipinski definition) is 0. The van der Waals surface area contributed by atoms with Crippen LogP contribution in [-0.4, -0.2) is 19.7 Å². The molecule has 0 atom stereocenters. The molecule has 0 aliphatic rings. The molecule has 5 heteroatoms. The molecule has 0 bridgehead atoms. The Hall–Kier alpha value is -1.42. The normalized spacial score (nSPS) is 10.5. The van der Waals surface area contributed by atoms with Crippen molar-refractivity contribution in [2.75, 3.05) is 0 Å². The van der Waals surface area contributed by atoms with Crippen LogP contribution in [0.2, 0.25) is 5.15 Å². The zero-order chi connectivity index (χ0) is 9.26. The SMILES string of the molecule is C=CCn1cc2c(Cl)ncnc2n1. The van der Waals surface area contributed by atoms with Crippen molar-refractivity contribution in [2.45, 2.75) is 6.54 Å². The molecule has 0 fully saturated rings. The van der Waals surface area contributed by atoms with E-state index in [2.05, 4.69) is 21.6 Å². The van der Waals surface area contributed by atoms with Gasteiger partial charge in [0.1, 0.15) is 11.5 Å². The van der Waals surface area contributed by atoms with Crippen LogP contribution in [0.5, 0.6) is 0 Å². The molecule has 0 aromatic carbocycles. The van der Waals surface area contributed by atoms with Crippen LogP contribution in [-0.2, 0) is 6.54 Å². The molecule has 13 heavy (non-hydrogen) atoms. The zero-order valence-corrected chi connectivity index (χ0v) is 7.57. The van der Waals surface area contributed by atoms with Crippen LogP contribution in [0, 0.1) is 0 Å². The first-order valence-electron chi connectivity index (χ1n) is 3.76. The summed E-state index contributed by atoms with van der Waals surface area (Å²) in [7, 11) is 0. The highest BCUT2D eigenvalue weighted by Gasteiger charge is 2.04. The Kier molecular flexibility index (Phi) is 1.98. The summed E-state index contributed by atoms with van der Waals surface area (Å²) in [6, 6.07) is 0. The number of hydrogen-bond acceptors (Lipinski definition) is 3. The molecule has 0 unspecified atom stereocenters. The van der Waals surface area contributed by atoms with E-state index in [1.54, 1.807) is 17.0 Å².